The molecule has 0 aliphatic carbocycles. The van der Waals surface area contributed by atoms with Crippen molar-refractivity contribution in [1.82, 2.24) is 13.6 Å². The van der Waals surface area contributed by atoms with Crippen LogP contribution in [0.15, 0.2) is 6.08 Å². The predicted molar refractivity (Wildman–Crippen MR) is 66.1 cm³/mol. The first-order valence-corrected chi connectivity index (χ1v) is 6.43. The van der Waals surface area contributed by atoms with Crippen molar-refractivity contribution in [3.05, 3.63) is 11.8 Å². The quantitative estimate of drug-likeness (QED) is 0.756. The van der Waals surface area contributed by atoms with Crippen LogP contribution >= 0.6 is 11.7 Å². The monoisotopic (exact) mass is 257 g/mol. The second-order valence-corrected chi connectivity index (χ2v) is 4.59. The Morgan fingerprint density at radius 1 is 1.53 bits per heavy atom. The van der Waals surface area contributed by atoms with Gasteiger partial charge in [0.15, 0.2) is 0 Å². The molecular formula is C11H16FN3OS. The maximum Gasteiger partial charge on any atom is 0.253 e. The number of alkyl halides is 1. The fourth-order valence-electron chi connectivity index (χ4n) is 1.76. The lowest BCUT2D eigenvalue weighted by Gasteiger charge is -2.22. The predicted octanol–water partition coefficient (Wildman–Crippen LogP) is 2.00. The zero-order chi connectivity index (χ0) is 12.1. The highest BCUT2D eigenvalue weighted by Gasteiger charge is 2.18. The van der Waals surface area contributed by atoms with Crippen LogP contribution < -0.4 is 4.74 Å². The molecule has 0 unspecified atom stereocenters. The van der Waals surface area contributed by atoms with E-state index in [4.69, 9.17) is 4.74 Å². The number of rotatable bonds is 5. The summed E-state index contributed by atoms with van der Waals surface area (Å²) in [6, 6.07) is 0. The van der Waals surface area contributed by atoms with E-state index >= 15 is 0 Å². The molecular weight excluding hydrogens is 241 g/mol. The minimum Gasteiger partial charge on any atom is -0.475 e. The van der Waals surface area contributed by atoms with Gasteiger partial charge in [0, 0.05) is 19.5 Å². The van der Waals surface area contributed by atoms with Crippen LogP contribution in [0.5, 0.6) is 5.88 Å². The Hall–Kier alpha value is -1.01. The lowest BCUT2D eigenvalue weighted by Crippen LogP contribution is -2.25. The molecule has 0 saturated heterocycles. The largest absolute Gasteiger partial charge is 0.475 e. The second-order valence-electron chi connectivity index (χ2n) is 4.06. The standard InChI is InChI=1S/C11H16FN3OS/c1-15-6-2-4-9(8-15)10-11(14-17-13-10)16-7-3-5-12/h4H,2-3,5-8H2,1H3. The Morgan fingerprint density at radius 2 is 2.41 bits per heavy atom. The summed E-state index contributed by atoms with van der Waals surface area (Å²) in [6.45, 7) is 1.93. The zero-order valence-corrected chi connectivity index (χ0v) is 10.7. The third-order valence-corrected chi connectivity index (χ3v) is 3.13. The zero-order valence-electron chi connectivity index (χ0n) is 9.86. The molecule has 2 heterocycles. The summed E-state index contributed by atoms with van der Waals surface area (Å²) in [5.74, 6) is 0.546. The Bertz CT molecular complexity index is 394. The van der Waals surface area contributed by atoms with E-state index < -0.39 is 0 Å². The van der Waals surface area contributed by atoms with Gasteiger partial charge in [-0.2, -0.15) is 4.37 Å². The van der Waals surface area contributed by atoms with E-state index in [1.807, 2.05) is 0 Å². The van der Waals surface area contributed by atoms with Gasteiger partial charge >= 0.3 is 0 Å². The molecule has 0 bridgehead atoms. The van der Waals surface area contributed by atoms with Gasteiger partial charge in [0.25, 0.3) is 5.88 Å². The Balaban J connectivity index is 2.05. The normalized spacial score (nSPS) is 16.9. The molecule has 2 rings (SSSR count). The van der Waals surface area contributed by atoms with Crippen LogP contribution in [0, 0.1) is 0 Å². The van der Waals surface area contributed by atoms with Gasteiger partial charge in [-0.3, -0.25) is 4.39 Å². The molecule has 0 aromatic carbocycles. The molecule has 0 atom stereocenters. The first-order chi connectivity index (χ1) is 8.31. The fourth-order valence-corrected chi connectivity index (χ4v) is 2.29. The first kappa shape index (κ1) is 12.4. The number of ether oxygens (including phenoxy) is 1. The summed E-state index contributed by atoms with van der Waals surface area (Å²) in [6.07, 6.45) is 3.60. The maximum atomic E-state index is 12.0. The Labute approximate surface area is 104 Å². The maximum absolute atomic E-state index is 12.0. The van der Waals surface area contributed by atoms with Gasteiger partial charge in [-0.1, -0.05) is 6.08 Å². The van der Waals surface area contributed by atoms with Crippen molar-refractivity contribution in [3.8, 4) is 5.88 Å². The van der Waals surface area contributed by atoms with E-state index in [-0.39, 0.29) is 6.67 Å². The average Bonchev–Trinajstić information content (AvgIpc) is 2.78. The van der Waals surface area contributed by atoms with Crippen molar-refractivity contribution >= 4 is 17.3 Å². The van der Waals surface area contributed by atoms with Gasteiger partial charge in [-0.05, 0) is 19.0 Å². The highest BCUT2D eigenvalue weighted by molar-refractivity contribution is 6.99. The van der Waals surface area contributed by atoms with E-state index in [9.17, 15) is 4.39 Å². The SMILES string of the molecule is CN1CCC=C(c2nsnc2OCCCF)C1. The third-order valence-electron chi connectivity index (χ3n) is 2.62. The average molecular weight is 257 g/mol. The van der Waals surface area contributed by atoms with Crippen molar-refractivity contribution in [1.29, 1.82) is 0 Å². The smallest absolute Gasteiger partial charge is 0.253 e. The minimum atomic E-state index is -0.363. The molecule has 1 aromatic rings. The summed E-state index contributed by atoms with van der Waals surface area (Å²) in [5, 5.41) is 0. The highest BCUT2D eigenvalue weighted by Crippen LogP contribution is 2.26. The lowest BCUT2D eigenvalue weighted by atomic mass is 10.1. The fraction of sp³-hybridized carbons (Fsp3) is 0.636. The summed E-state index contributed by atoms with van der Waals surface area (Å²) < 4.78 is 25.8. The van der Waals surface area contributed by atoms with Crippen LogP contribution in [-0.4, -0.2) is 47.1 Å². The van der Waals surface area contributed by atoms with Crippen LogP contribution in [0.2, 0.25) is 0 Å². The van der Waals surface area contributed by atoms with Crippen LogP contribution in [-0.2, 0) is 0 Å². The van der Waals surface area contributed by atoms with E-state index in [1.165, 1.54) is 0 Å². The Kier molecular flexibility index (Phi) is 4.44. The molecule has 0 N–H and O–H groups in total. The van der Waals surface area contributed by atoms with Gasteiger partial charge < -0.3 is 9.64 Å². The van der Waals surface area contributed by atoms with Crippen molar-refractivity contribution in [2.24, 2.45) is 0 Å². The summed E-state index contributed by atoms with van der Waals surface area (Å²) in [4.78, 5) is 2.24. The summed E-state index contributed by atoms with van der Waals surface area (Å²) >= 11 is 1.14. The number of nitrogens with zero attached hydrogens (tertiary/aromatic N) is 3. The van der Waals surface area contributed by atoms with Crippen molar-refractivity contribution < 1.29 is 9.13 Å². The highest BCUT2D eigenvalue weighted by atomic mass is 32.1. The summed E-state index contributed by atoms with van der Waals surface area (Å²) in [7, 11) is 2.08. The molecule has 1 aromatic heterocycles. The molecule has 1 aliphatic heterocycles. The minimum absolute atomic E-state index is 0.359. The molecule has 0 saturated carbocycles. The van der Waals surface area contributed by atoms with Crippen LogP contribution in [0.3, 0.4) is 0 Å². The van der Waals surface area contributed by atoms with Gasteiger partial charge in [0.1, 0.15) is 5.69 Å². The molecule has 0 spiro atoms. The molecule has 17 heavy (non-hydrogen) atoms. The lowest BCUT2D eigenvalue weighted by molar-refractivity contribution is 0.281. The number of hydrogen-bond acceptors (Lipinski definition) is 5. The van der Waals surface area contributed by atoms with Crippen molar-refractivity contribution in [3.63, 3.8) is 0 Å². The molecule has 0 fully saturated rings. The van der Waals surface area contributed by atoms with Crippen LogP contribution in [0.1, 0.15) is 18.5 Å². The second kappa shape index (κ2) is 6.07. The van der Waals surface area contributed by atoms with Gasteiger partial charge in [-0.25, -0.2) is 0 Å². The topological polar surface area (TPSA) is 38.2 Å². The first-order valence-electron chi connectivity index (χ1n) is 5.70. The van der Waals surface area contributed by atoms with Crippen LogP contribution in [0.4, 0.5) is 4.39 Å². The van der Waals surface area contributed by atoms with E-state index in [0.29, 0.717) is 18.9 Å². The van der Waals surface area contributed by atoms with E-state index in [1.54, 1.807) is 0 Å². The van der Waals surface area contributed by atoms with Crippen LogP contribution in [0.25, 0.3) is 5.57 Å². The molecule has 0 amide bonds. The van der Waals surface area contributed by atoms with Crippen molar-refractivity contribution in [2.75, 3.05) is 33.4 Å². The van der Waals surface area contributed by atoms with Gasteiger partial charge in [0.2, 0.25) is 0 Å². The molecule has 4 nitrogen and oxygen atoms in total. The molecule has 0 radical (unpaired) electrons. The molecule has 1 aliphatic rings. The molecule has 94 valence electrons. The molecule has 6 heteroatoms. The van der Waals surface area contributed by atoms with E-state index in [2.05, 4.69) is 26.8 Å². The number of likely N-dealkylation sites (N-methyl/N-ethyl adjacent to an activating group) is 1. The Morgan fingerprint density at radius 3 is 3.18 bits per heavy atom. The van der Waals surface area contributed by atoms with E-state index in [0.717, 1.165) is 42.5 Å². The van der Waals surface area contributed by atoms with Gasteiger partial charge in [0.05, 0.1) is 25.0 Å². The number of aromatic nitrogens is 2. The van der Waals surface area contributed by atoms with Crippen molar-refractivity contribution in [2.45, 2.75) is 12.8 Å². The summed E-state index contributed by atoms with van der Waals surface area (Å²) in [5.41, 5.74) is 1.98. The number of halogens is 1. The van der Waals surface area contributed by atoms with Gasteiger partial charge in [-0.15, -0.1) is 4.37 Å². The third kappa shape index (κ3) is 3.23. The number of hydrogen-bond donors (Lipinski definition) is 0.